The SMILES string of the molecule is O=C1CSc2ccc(C(=O)N3CC[NH+](Cc4ccc5c(c4)OCO5)CC3)cc2N1. The number of hydrogen-bond donors (Lipinski definition) is 2. The number of carbonyl (C=O) groups is 2. The summed E-state index contributed by atoms with van der Waals surface area (Å²) >= 11 is 1.50. The molecule has 0 saturated carbocycles. The molecule has 0 aromatic heterocycles. The topological polar surface area (TPSA) is 72.3 Å². The smallest absolute Gasteiger partial charge is 0.254 e. The van der Waals surface area contributed by atoms with Crippen molar-refractivity contribution < 1.29 is 24.0 Å². The third-order valence-corrected chi connectivity index (χ3v) is 6.58. The van der Waals surface area contributed by atoms with Crippen LogP contribution in [0.4, 0.5) is 5.69 Å². The van der Waals surface area contributed by atoms with Gasteiger partial charge in [0.2, 0.25) is 12.7 Å². The van der Waals surface area contributed by atoms with Gasteiger partial charge in [-0.3, -0.25) is 9.59 Å². The number of hydrogen-bond acceptors (Lipinski definition) is 5. The second-order valence-electron chi connectivity index (χ2n) is 7.45. The summed E-state index contributed by atoms with van der Waals surface area (Å²) in [6.45, 7) is 4.43. The van der Waals surface area contributed by atoms with Crippen LogP contribution in [0.3, 0.4) is 0 Å². The first kappa shape index (κ1) is 18.3. The van der Waals surface area contributed by atoms with E-state index in [1.165, 1.54) is 22.2 Å². The van der Waals surface area contributed by atoms with Crippen LogP contribution >= 0.6 is 11.8 Å². The third kappa shape index (κ3) is 3.77. The molecule has 2 aromatic rings. The second kappa shape index (κ2) is 7.61. The molecule has 0 unspecified atom stereocenters. The molecule has 3 aliphatic rings. The van der Waals surface area contributed by atoms with Crippen LogP contribution in [0, 0.1) is 0 Å². The molecule has 3 aliphatic heterocycles. The van der Waals surface area contributed by atoms with Gasteiger partial charge < -0.3 is 24.6 Å². The molecule has 7 nitrogen and oxygen atoms in total. The molecule has 0 bridgehead atoms. The predicted molar refractivity (Wildman–Crippen MR) is 109 cm³/mol. The number of nitrogens with one attached hydrogen (secondary N) is 2. The van der Waals surface area contributed by atoms with Crippen LogP contribution in [0.2, 0.25) is 0 Å². The van der Waals surface area contributed by atoms with E-state index in [1.54, 1.807) is 6.07 Å². The van der Waals surface area contributed by atoms with Crippen molar-refractivity contribution in [2.45, 2.75) is 11.4 Å². The molecule has 2 amide bonds. The van der Waals surface area contributed by atoms with Gasteiger partial charge in [0.15, 0.2) is 11.5 Å². The van der Waals surface area contributed by atoms with E-state index in [2.05, 4.69) is 11.4 Å². The quantitative estimate of drug-likeness (QED) is 0.787. The van der Waals surface area contributed by atoms with Crippen LogP contribution in [0.25, 0.3) is 0 Å². The van der Waals surface area contributed by atoms with E-state index in [4.69, 9.17) is 9.47 Å². The highest BCUT2D eigenvalue weighted by molar-refractivity contribution is 8.00. The minimum atomic E-state index is -0.0205. The molecule has 3 heterocycles. The Morgan fingerprint density at radius 3 is 2.79 bits per heavy atom. The Morgan fingerprint density at radius 2 is 1.93 bits per heavy atom. The van der Waals surface area contributed by atoms with Gasteiger partial charge >= 0.3 is 0 Å². The Labute approximate surface area is 172 Å². The standard InChI is InChI=1S/C21H21N3O4S/c25-20-12-29-19-4-2-15(10-16(19)22-20)21(26)24-7-5-23(6-8-24)11-14-1-3-17-18(9-14)28-13-27-17/h1-4,9-10H,5-8,11-13H2,(H,22,25)/p+1. The summed E-state index contributed by atoms with van der Waals surface area (Å²) in [5.74, 6) is 2.05. The van der Waals surface area contributed by atoms with Crippen molar-refractivity contribution >= 4 is 29.3 Å². The molecule has 29 heavy (non-hydrogen) atoms. The Morgan fingerprint density at radius 1 is 1.10 bits per heavy atom. The first-order valence-corrected chi connectivity index (χ1v) is 10.7. The lowest BCUT2D eigenvalue weighted by Gasteiger charge is -2.32. The van der Waals surface area contributed by atoms with Crippen molar-refractivity contribution in [3.63, 3.8) is 0 Å². The molecule has 1 saturated heterocycles. The van der Waals surface area contributed by atoms with Crippen LogP contribution in [-0.2, 0) is 11.3 Å². The van der Waals surface area contributed by atoms with Crippen LogP contribution < -0.4 is 19.7 Å². The van der Waals surface area contributed by atoms with E-state index in [-0.39, 0.29) is 18.6 Å². The number of anilines is 1. The number of fused-ring (bicyclic) bond motifs is 2. The molecule has 2 N–H and O–H groups in total. The van der Waals surface area contributed by atoms with E-state index in [0.29, 0.717) is 11.3 Å². The van der Waals surface area contributed by atoms with E-state index < -0.39 is 0 Å². The van der Waals surface area contributed by atoms with Gasteiger partial charge in [-0.1, -0.05) is 0 Å². The zero-order chi connectivity index (χ0) is 19.8. The summed E-state index contributed by atoms with van der Waals surface area (Å²) in [5.41, 5.74) is 2.59. The maximum Gasteiger partial charge on any atom is 0.254 e. The van der Waals surface area contributed by atoms with Crippen LogP contribution in [0.5, 0.6) is 11.5 Å². The molecular formula is C21H22N3O4S+. The predicted octanol–water partition coefficient (Wildman–Crippen LogP) is 1.00. The lowest BCUT2D eigenvalue weighted by Crippen LogP contribution is -3.13. The first-order valence-electron chi connectivity index (χ1n) is 9.74. The number of nitrogens with zero attached hydrogens (tertiary/aromatic N) is 1. The molecule has 5 rings (SSSR count). The fourth-order valence-corrected chi connectivity index (χ4v) is 4.73. The molecule has 0 atom stereocenters. The largest absolute Gasteiger partial charge is 0.454 e. The average Bonchev–Trinajstić information content (AvgIpc) is 3.21. The van der Waals surface area contributed by atoms with Crippen molar-refractivity contribution in [2.24, 2.45) is 0 Å². The number of carbonyl (C=O) groups excluding carboxylic acids is 2. The van der Waals surface area contributed by atoms with E-state index >= 15 is 0 Å². The van der Waals surface area contributed by atoms with E-state index in [1.807, 2.05) is 29.2 Å². The Hall–Kier alpha value is -2.71. The number of piperazine rings is 1. The van der Waals surface area contributed by atoms with Crippen molar-refractivity contribution in [1.29, 1.82) is 0 Å². The normalized spacial score (nSPS) is 18.3. The van der Waals surface area contributed by atoms with Crippen molar-refractivity contribution in [1.82, 2.24) is 4.90 Å². The maximum atomic E-state index is 12.9. The van der Waals surface area contributed by atoms with Gasteiger partial charge in [0.1, 0.15) is 6.54 Å². The van der Waals surface area contributed by atoms with Crippen LogP contribution in [0.1, 0.15) is 15.9 Å². The minimum Gasteiger partial charge on any atom is -0.454 e. The Kier molecular flexibility index (Phi) is 4.81. The zero-order valence-corrected chi connectivity index (χ0v) is 16.7. The summed E-state index contributed by atoms with van der Waals surface area (Å²) in [5, 5.41) is 2.86. The summed E-state index contributed by atoms with van der Waals surface area (Å²) < 4.78 is 10.8. The molecule has 150 valence electrons. The van der Waals surface area contributed by atoms with Gasteiger partial charge in [-0.15, -0.1) is 11.8 Å². The lowest BCUT2D eigenvalue weighted by atomic mass is 10.1. The molecule has 0 spiro atoms. The number of ether oxygens (including phenoxy) is 2. The summed E-state index contributed by atoms with van der Waals surface area (Å²) in [4.78, 5) is 28.9. The molecular weight excluding hydrogens is 390 g/mol. The fraction of sp³-hybridized carbons (Fsp3) is 0.333. The Balaban J connectivity index is 1.20. The highest BCUT2D eigenvalue weighted by Crippen LogP contribution is 2.33. The highest BCUT2D eigenvalue weighted by Gasteiger charge is 2.26. The molecule has 2 aromatic carbocycles. The molecule has 0 radical (unpaired) electrons. The third-order valence-electron chi connectivity index (χ3n) is 5.51. The van der Waals surface area contributed by atoms with Crippen LogP contribution in [-0.4, -0.2) is 55.4 Å². The second-order valence-corrected chi connectivity index (χ2v) is 8.47. The monoisotopic (exact) mass is 412 g/mol. The number of quaternary nitrogens is 1. The van der Waals surface area contributed by atoms with Gasteiger partial charge in [-0.2, -0.15) is 0 Å². The minimum absolute atomic E-state index is 0.0205. The number of amides is 2. The summed E-state index contributed by atoms with van der Waals surface area (Å²) in [7, 11) is 0. The average molecular weight is 412 g/mol. The van der Waals surface area contributed by atoms with Gasteiger partial charge in [-0.05, 0) is 36.4 Å². The number of benzene rings is 2. The van der Waals surface area contributed by atoms with Crippen molar-refractivity contribution in [2.75, 3.05) is 44.0 Å². The van der Waals surface area contributed by atoms with Crippen LogP contribution in [0.15, 0.2) is 41.3 Å². The summed E-state index contributed by atoms with van der Waals surface area (Å²) in [6.07, 6.45) is 0. The van der Waals surface area contributed by atoms with Crippen molar-refractivity contribution in [3.05, 3.63) is 47.5 Å². The molecule has 8 heteroatoms. The number of rotatable bonds is 3. The van der Waals surface area contributed by atoms with E-state index in [0.717, 1.165) is 54.8 Å². The molecule has 0 aliphatic carbocycles. The molecule has 1 fully saturated rings. The first-order chi connectivity index (χ1) is 14.2. The Bertz CT molecular complexity index is 972. The summed E-state index contributed by atoms with van der Waals surface area (Å²) in [6, 6.07) is 11.7. The van der Waals surface area contributed by atoms with Gasteiger partial charge in [0.25, 0.3) is 5.91 Å². The number of thioether (sulfide) groups is 1. The van der Waals surface area contributed by atoms with Gasteiger partial charge in [0, 0.05) is 16.0 Å². The van der Waals surface area contributed by atoms with E-state index in [9.17, 15) is 9.59 Å². The van der Waals surface area contributed by atoms with Gasteiger partial charge in [-0.25, -0.2) is 0 Å². The van der Waals surface area contributed by atoms with Gasteiger partial charge in [0.05, 0.1) is 37.6 Å². The fourth-order valence-electron chi connectivity index (χ4n) is 3.94. The van der Waals surface area contributed by atoms with Crippen molar-refractivity contribution in [3.8, 4) is 11.5 Å². The maximum absolute atomic E-state index is 12.9. The highest BCUT2D eigenvalue weighted by atomic mass is 32.2. The lowest BCUT2D eigenvalue weighted by molar-refractivity contribution is -0.917. The zero-order valence-electron chi connectivity index (χ0n) is 15.9.